The number of benzene rings is 1. The molecule has 2 atom stereocenters. The van der Waals surface area contributed by atoms with Crippen molar-refractivity contribution in [2.45, 2.75) is 51.3 Å². The SMILES string of the molecule is CC.COC[C@H]1CN(C2CCN(c3n[nH]c(N)n3)CC2)[C@@H](Cc2ccc(Cl)cc2)CO1. The van der Waals surface area contributed by atoms with E-state index in [0.29, 0.717) is 37.2 Å². The number of hydrogen-bond donors (Lipinski definition) is 2. The van der Waals surface area contributed by atoms with Crippen molar-refractivity contribution in [1.29, 1.82) is 0 Å². The Morgan fingerprint density at radius 3 is 2.55 bits per heavy atom. The summed E-state index contributed by atoms with van der Waals surface area (Å²) in [6.45, 7) is 8.07. The van der Waals surface area contributed by atoms with E-state index in [0.717, 1.165) is 43.9 Å². The van der Waals surface area contributed by atoms with Gasteiger partial charge in [-0.1, -0.05) is 37.6 Å². The second-order valence-corrected chi connectivity index (χ2v) is 8.27. The minimum Gasteiger partial charge on any atom is -0.382 e. The van der Waals surface area contributed by atoms with Crippen LogP contribution in [0.1, 0.15) is 32.3 Å². The van der Waals surface area contributed by atoms with Crippen LogP contribution in [0.15, 0.2) is 24.3 Å². The zero-order chi connectivity index (χ0) is 22.2. The van der Waals surface area contributed by atoms with E-state index in [2.05, 4.69) is 37.1 Å². The number of morpholine rings is 1. The van der Waals surface area contributed by atoms with E-state index in [1.807, 2.05) is 26.0 Å². The van der Waals surface area contributed by atoms with E-state index in [-0.39, 0.29) is 6.10 Å². The molecule has 0 bridgehead atoms. The largest absolute Gasteiger partial charge is 0.382 e. The number of aromatic amines is 1. The molecule has 2 aliphatic rings. The summed E-state index contributed by atoms with van der Waals surface area (Å²) in [7, 11) is 1.73. The summed E-state index contributed by atoms with van der Waals surface area (Å²) in [6.07, 6.45) is 3.19. The number of aromatic nitrogens is 3. The van der Waals surface area contributed by atoms with Crippen molar-refractivity contribution >= 4 is 23.5 Å². The summed E-state index contributed by atoms with van der Waals surface area (Å²) in [5.74, 6) is 1.05. The van der Waals surface area contributed by atoms with Crippen LogP contribution in [-0.4, -0.2) is 78.2 Å². The van der Waals surface area contributed by atoms with E-state index in [9.17, 15) is 0 Å². The van der Waals surface area contributed by atoms with Gasteiger partial charge in [0.2, 0.25) is 11.9 Å². The third kappa shape index (κ3) is 6.32. The molecule has 0 unspecified atom stereocenters. The third-order valence-electron chi connectivity index (χ3n) is 5.85. The first-order valence-electron chi connectivity index (χ1n) is 11.2. The number of nitrogen functional groups attached to an aromatic ring is 1. The molecule has 1 aromatic heterocycles. The molecular formula is C22H35ClN6O2. The molecule has 3 heterocycles. The second-order valence-electron chi connectivity index (χ2n) is 7.83. The van der Waals surface area contributed by atoms with Gasteiger partial charge in [0.1, 0.15) is 0 Å². The highest BCUT2D eigenvalue weighted by atomic mass is 35.5. The first kappa shape index (κ1) is 23.8. The standard InChI is InChI=1S/C20H29ClN6O2.C2H6/c1-28-13-18-11-27(17(12-29-18)10-14-2-4-15(21)5-3-14)16-6-8-26(9-7-16)20-23-19(22)24-25-20;1-2/h2-5,16-18H,6-13H2,1H3,(H3,22,23,24,25);1-2H3/t17-,18+;/m0./s1. The zero-order valence-corrected chi connectivity index (χ0v) is 19.5. The number of hydrogen-bond acceptors (Lipinski definition) is 7. The number of ether oxygens (including phenoxy) is 2. The molecule has 0 aliphatic carbocycles. The molecule has 2 aliphatic heterocycles. The first-order valence-corrected chi connectivity index (χ1v) is 11.5. The van der Waals surface area contributed by atoms with E-state index < -0.39 is 0 Å². The smallest absolute Gasteiger partial charge is 0.246 e. The van der Waals surface area contributed by atoms with Crippen LogP contribution in [0.2, 0.25) is 5.02 Å². The third-order valence-corrected chi connectivity index (χ3v) is 6.10. The van der Waals surface area contributed by atoms with E-state index >= 15 is 0 Å². The number of nitrogens with two attached hydrogens (primary N) is 1. The molecule has 0 spiro atoms. The Balaban J connectivity index is 0.00000132. The molecule has 4 rings (SSSR count). The highest BCUT2D eigenvalue weighted by Gasteiger charge is 2.35. The molecule has 9 heteroatoms. The number of H-pyrrole nitrogens is 1. The Labute approximate surface area is 190 Å². The van der Waals surface area contributed by atoms with Gasteiger partial charge in [-0.3, -0.25) is 4.90 Å². The van der Waals surface area contributed by atoms with Gasteiger partial charge >= 0.3 is 0 Å². The number of nitrogens with one attached hydrogen (secondary N) is 1. The molecule has 2 aromatic rings. The quantitative estimate of drug-likeness (QED) is 0.698. The predicted octanol–water partition coefficient (Wildman–Crippen LogP) is 2.99. The van der Waals surface area contributed by atoms with Crippen LogP contribution < -0.4 is 10.6 Å². The maximum absolute atomic E-state index is 6.10. The van der Waals surface area contributed by atoms with Gasteiger partial charge in [-0.25, -0.2) is 5.10 Å². The molecule has 172 valence electrons. The van der Waals surface area contributed by atoms with Crippen LogP contribution >= 0.6 is 11.6 Å². The molecular weight excluding hydrogens is 416 g/mol. The van der Waals surface area contributed by atoms with Crippen molar-refractivity contribution in [1.82, 2.24) is 20.1 Å². The topological polar surface area (TPSA) is 92.5 Å². The van der Waals surface area contributed by atoms with Gasteiger partial charge in [0.25, 0.3) is 0 Å². The van der Waals surface area contributed by atoms with Crippen molar-refractivity contribution in [2.75, 3.05) is 50.6 Å². The fraction of sp³-hybridized carbons (Fsp3) is 0.636. The number of nitrogens with zero attached hydrogens (tertiary/aromatic N) is 4. The van der Waals surface area contributed by atoms with Crippen molar-refractivity contribution < 1.29 is 9.47 Å². The summed E-state index contributed by atoms with van der Waals surface area (Å²) in [5.41, 5.74) is 6.96. The molecule has 31 heavy (non-hydrogen) atoms. The maximum atomic E-state index is 6.10. The molecule has 3 N–H and O–H groups in total. The summed E-state index contributed by atoms with van der Waals surface area (Å²) in [4.78, 5) is 9.09. The lowest BCUT2D eigenvalue weighted by molar-refractivity contribution is -0.103. The normalized spacial score (nSPS) is 22.8. The van der Waals surface area contributed by atoms with Gasteiger partial charge in [-0.2, -0.15) is 4.98 Å². The van der Waals surface area contributed by atoms with Gasteiger partial charge in [0.05, 0.1) is 19.3 Å². The lowest BCUT2D eigenvalue weighted by Gasteiger charge is -2.46. The van der Waals surface area contributed by atoms with E-state index in [1.165, 1.54) is 5.56 Å². The van der Waals surface area contributed by atoms with Crippen LogP contribution in [0, 0.1) is 0 Å². The fourth-order valence-electron chi connectivity index (χ4n) is 4.39. The lowest BCUT2D eigenvalue weighted by Crippen LogP contribution is -2.58. The first-order chi connectivity index (χ1) is 15.1. The molecule has 2 saturated heterocycles. The van der Waals surface area contributed by atoms with Gasteiger partial charge in [-0.15, -0.1) is 5.10 Å². The molecule has 0 amide bonds. The number of methoxy groups -OCH3 is 1. The molecule has 0 saturated carbocycles. The van der Waals surface area contributed by atoms with Gasteiger partial charge in [0.15, 0.2) is 0 Å². The highest BCUT2D eigenvalue weighted by molar-refractivity contribution is 6.30. The predicted molar refractivity (Wildman–Crippen MR) is 125 cm³/mol. The molecule has 8 nitrogen and oxygen atoms in total. The minimum atomic E-state index is 0.118. The molecule has 2 fully saturated rings. The number of rotatable bonds is 6. The minimum absolute atomic E-state index is 0.118. The number of piperidine rings is 1. The van der Waals surface area contributed by atoms with Crippen molar-refractivity contribution in [3.05, 3.63) is 34.9 Å². The van der Waals surface area contributed by atoms with E-state index in [1.54, 1.807) is 7.11 Å². The Bertz CT molecular complexity index is 779. The maximum Gasteiger partial charge on any atom is 0.246 e. The monoisotopic (exact) mass is 450 g/mol. The van der Waals surface area contributed by atoms with Crippen LogP contribution in [0.4, 0.5) is 11.9 Å². The Hall–Kier alpha value is -1.87. The van der Waals surface area contributed by atoms with Crippen LogP contribution in [0.5, 0.6) is 0 Å². The second kappa shape index (κ2) is 11.7. The molecule has 0 radical (unpaired) electrons. The van der Waals surface area contributed by atoms with Crippen molar-refractivity contribution in [2.24, 2.45) is 0 Å². The van der Waals surface area contributed by atoms with Gasteiger partial charge in [-0.05, 0) is 37.0 Å². The van der Waals surface area contributed by atoms with Crippen molar-refractivity contribution in [3.8, 4) is 0 Å². The number of halogens is 1. The lowest BCUT2D eigenvalue weighted by atomic mass is 9.96. The summed E-state index contributed by atoms with van der Waals surface area (Å²) in [6, 6.07) is 8.98. The summed E-state index contributed by atoms with van der Waals surface area (Å²) < 4.78 is 11.5. The van der Waals surface area contributed by atoms with E-state index in [4.69, 9.17) is 26.8 Å². The zero-order valence-electron chi connectivity index (χ0n) is 18.8. The van der Waals surface area contributed by atoms with Crippen LogP contribution in [-0.2, 0) is 15.9 Å². The Morgan fingerprint density at radius 2 is 1.94 bits per heavy atom. The average molecular weight is 451 g/mol. The summed E-state index contributed by atoms with van der Waals surface area (Å²) >= 11 is 6.05. The average Bonchev–Trinajstić information content (AvgIpc) is 3.24. The Kier molecular flexibility index (Phi) is 8.95. The molecule has 1 aromatic carbocycles. The van der Waals surface area contributed by atoms with Gasteiger partial charge < -0.3 is 20.1 Å². The van der Waals surface area contributed by atoms with Crippen LogP contribution in [0.25, 0.3) is 0 Å². The fourth-order valence-corrected chi connectivity index (χ4v) is 4.51. The number of anilines is 2. The Morgan fingerprint density at radius 1 is 1.23 bits per heavy atom. The summed E-state index contributed by atoms with van der Waals surface area (Å²) in [5, 5.41) is 7.69. The van der Waals surface area contributed by atoms with Crippen molar-refractivity contribution in [3.63, 3.8) is 0 Å². The van der Waals surface area contributed by atoms with Gasteiger partial charge in [0, 0.05) is 43.9 Å². The van der Waals surface area contributed by atoms with Crippen LogP contribution in [0.3, 0.4) is 0 Å². The highest BCUT2D eigenvalue weighted by Crippen LogP contribution is 2.26.